The van der Waals surface area contributed by atoms with Gasteiger partial charge in [-0.2, -0.15) is 35.4 Å². The van der Waals surface area contributed by atoms with E-state index in [4.69, 9.17) is 0 Å². The number of carbonyl (C=O) groups is 2. The molecule has 0 aromatic heterocycles. The van der Waals surface area contributed by atoms with Gasteiger partial charge in [-0.15, -0.1) is 48.5 Å². The first-order valence-corrected chi connectivity index (χ1v) is 10.0. The Labute approximate surface area is 240 Å². The Balaban J connectivity index is 0.000000285. The third-order valence-corrected chi connectivity index (χ3v) is 4.16. The molecule has 0 fully saturated rings. The van der Waals surface area contributed by atoms with Gasteiger partial charge in [-0.3, -0.25) is 0 Å². The molecule has 0 aliphatic carbocycles. The Morgan fingerprint density at radius 1 is 0.471 bits per heavy atom. The first kappa shape index (κ1) is 29.0. The molecule has 0 bridgehead atoms. The van der Waals surface area contributed by atoms with Crippen molar-refractivity contribution >= 4 is 24.1 Å². The minimum atomic E-state index is -0.264. The number of Topliss-reactive ketones (excluding diaryl/α,β-unsaturated/α-hetero) is 2. The van der Waals surface area contributed by atoms with E-state index in [1.807, 2.05) is 24.3 Å². The molecule has 4 aromatic carbocycles. The zero-order valence-electron chi connectivity index (χ0n) is 18.1. The van der Waals surface area contributed by atoms with Crippen molar-refractivity contribution < 1.29 is 68.6 Å². The summed E-state index contributed by atoms with van der Waals surface area (Å²) < 4.78 is 0. The maximum absolute atomic E-state index is 11.8. The van der Waals surface area contributed by atoms with E-state index >= 15 is 0 Å². The first-order chi connectivity index (χ1) is 16.1. The number of rotatable bonds is 6. The van der Waals surface area contributed by atoms with Gasteiger partial charge in [0.1, 0.15) is 0 Å². The smallest absolute Gasteiger partial charge is 0.376 e. The fourth-order valence-electron chi connectivity index (χ4n) is 2.50. The van der Waals surface area contributed by atoms with E-state index in [0.717, 1.165) is 6.42 Å². The van der Waals surface area contributed by atoms with Crippen LogP contribution in [0.25, 0.3) is 0 Å². The van der Waals surface area contributed by atoms with Gasteiger partial charge in [0.2, 0.25) is 0 Å². The summed E-state index contributed by atoms with van der Waals surface area (Å²) in [6, 6.07) is 35.3. The van der Waals surface area contributed by atoms with Crippen LogP contribution in [0.15, 0.2) is 121 Å². The van der Waals surface area contributed by atoms with Crippen molar-refractivity contribution in [3.8, 4) is 0 Å². The number of hydrogen-bond donors (Lipinski definition) is 0. The van der Waals surface area contributed by atoms with Crippen LogP contribution in [0.4, 0.5) is 0 Å². The van der Waals surface area contributed by atoms with Gasteiger partial charge in [0.05, 0.1) is 24.1 Å². The maximum Gasteiger partial charge on any atom is 3.00 e. The van der Waals surface area contributed by atoms with Gasteiger partial charge >= 0.3 is 49.4 Å². The maximum atomic E-state index is 11.8. The molecule has 4 aromatic rings. The molecule has 0 atom stereocenters. The first-order valence-electron chi connectivity index (χ1n) is 10.0. The van der Waals surface area contributed by atoms with E-state index in [-0.39, 0.29) is 60.9 Å². The summed E-state index contributed by atoms with van der Waals surface area (Å²) in [4.78, 5) is 43.3. The molecule has 0 radical (unpaired) electrons. The number of ketones is 2. The normalized spacial score (nSPS) is 8.82. The molecular weight excluding hydrogens is 564 g/mol. The minimum absolute atomic E-state index is 0. The molecule has 0 saturated carbocycles. The molecule has 34 heavy (non-hydrogen) atoms. The molecule has 0 spiro atoms. The van der Waals surface area contributed by atoms with Gasteiger partial charge in [-0.1, -0.05) is 66.1 Å². The fraction of sp³-hybridized carbons (Fsp3) is 0. The summed E-state index contributed by atoms with van der Waals surface area (Å²) in [5.74, 6) is -0.529. The van der Waals surface area contributed by atoms with Crippen LogP contribution in [0, 0.1) is 55.8 Å². The molecular formula is C29H21EuO4. The second kappa shape index (κ2) is 17.5. The average Bonchev–Trinajstić information content (AvgIpc) is 2.91. The van der Waals surface area contributed by atoms with Crippen molar-refractivity contribution in [2.75, 3.05) is 0 Å². The van der Waals surface area contributed by atoms with Crippen molar-refractivity contribution in [1.29, 1.82) is 0 Å². The largest absolute Gasteiger partial charge is 3.00 e. The van der Waals surface area contributed by atoms with Crippen LogP contribution >= 0.6 is 0 Å². The molecule has 5 heteroatoms. The van der Waals surface area contributed by atoms with Crippen molar-refractivity contribution in [2.24, 2.45) is 0 Å². The number of benzene rings is 4. The van der Waals surface area contributed by atoms with Crippen molar-refractivity contribution in [3.63, 3.8) is 0 Å². The summed E-state index contributed by atoms with van der Waals surface area (Å²) in [5.41, 5.74) is 2.26. The van der Waals surface area contributed by atoms with Gasteiger partial charge in [-0.25, -0.2) is 0 Å². The van der Waals surface area contributed by atoms with Gasteiger partial charge in [0.15, 0.2) is 0 Å². The molecule has 0 saturated heterocycles. The fourth-order valence-corrected chi connectivity index (χ4v) is 2.50. The molecule has 0 aliphatic rings. The van der Waals surface area contributed by atoms with Gasteiger partial charge in [0, 0.05) is 0 Å². The topological polar surface area (TPSA) is 68.3 Å². The Hall–Kier alpha value is -2.99. The van der Waals surface area contributed by atoms with Crippen LogP contribution in [0.1, 0.15) is 31.8 Å². The third kappa shape index (κ3) is 11.2. The van der Waals surface area contributed by atoms with Gasteiger partial charge < -0.3 is 19.2 Å². The zero-order chi connectivity index (χ0) is 23.7. The van der Waals surface area contributed by atoms with Crippen molar-refractivity contribution in [3.05, 3.63) is 150 Å². The predicted octanol–water partition coefficient (Wildman–Crippen LogP) is 5.25. The van der Waals surface area contributed by atoms with E-state index in [1.54, 1.807) is 110 Å². The molecule has 0 N–H and O–H groups in total. The Kier molecular flexibility index (Phi) is 14.9. The summed E-state index contributed by atoms with van der Waals surface area (Å²) in [6.45, 7) is 0. The Bertz CT molecular complexity index is 1040. The van der Waals surface area contributed by atoms with Crippen molar-refractivity contribution in [2.45, 2.75) is 0 Å². The monoisotopic (exact) mass is 586 g/mol. The van der Waals surface area contributed by atoms with Crippen LogP contribution in [-0.4, -0.2) is 24.1 Å². The molecule has 0 amide bonds. The van der Waals surface area contributed by atoms with E-state index < -0.39 is 0 Å². The summed E-state index contributed by atoms with van der Waals surface area (Å²) >= 11 is 0. The number of carbonyl (C=O) groups excluding carboxylic acids is 4. The van der Waals surface area contributed by atoms with Crippen molar-refractivity contribution in [1.82, 2.24) is 0 Å². The Morgan fingerprint density at radius 3 is 0.971 bits per heavy atom. The standard InChI is InChI=1S/C15H11O2.2C7H5O.Eu/c16-14(12-7-3-1-4-8-12)11-15(17)13-9-5-2-6-10-13;2*8-6-7-4-2-1-3-5-7;/h1-11H;2*1-5H;/q3*-1;+3. The molecule has 0 heterocycles. The molecule has 0 aliphatic heterocycles. The third-order valence-electron chi connectivity index (χ3n) is 4.16. The second-order valence-corrected chi connectivity index (χ2v) is 6.54. The SMILES string of the molecule is O=C([CH-]C(=O)c1ccccc1)c1ccccc1.O=[C-]c1ccccc1.O=[C-]c1ccccc1.[Eu+3]. The van der Waals surface area contributed by atoms with Crippen LogP contribution in [-0.2, 0) is 9.59 Å². The van der Waals surface area contributed by atoms with E-state index in [2.05, 4.69) is 0 Å². The molecule has 0 unspecified atom stereocenters. The van der Waals surface area contributed by atoms with Gasteiger partial charge in [0.25, 0.3) is 0 Å². The summed E-state index contributed by atoms with van der Waals surface area (Å²) in [5, 5.41) is 0. The zero-order valence-corrected chi connectivity index (χ0v) is 20.6. The predicted molar refractivity (Wildman–Crippen MR) is 128 cm³/mol. The second-order valence-electron chi connectivity index (χ2n) is 6.54. The summed E-state index contributed by atoms with van der Waals surface area (Å²) in [7, 11) is 0. The molecule has 4 nitrogen and oxygen atoms in total. The Morgan fingerprint density at radius 2 is 0.735 bits per heavy atom. The van der Waals surface area contributed by atoms with Gasteiger partial charge in [-0.05, 0) is 0 Å². The van der Waals surface area contributed by atoms with E-state index in [1.165, 1.54) is 0 Å². The summed E-state index contributed by atoms with van der Waals surface area (Å²) in [6.07, 6.45) is 4.68. The number of hydrogen-bond acceptors (Lipinski definition) is 4. The molecule has 4 rings (SSSR count). The average molecular weight is 585 g/mol. The van der Waals surface area contributed by atoms with E-state index in [9.17, 15) is 19.2 Å². The van der Waals surface area contributed by atoms with E-state index in [0.29, 0.717) is 22.3 Å². The molecule has 168 valence electrons. The van der Waals surface area contributed by atoms with Crippen LogP contribution in [0.2, 0.25) is 0 Å². The van der Waals surface area contributed by atoms with Crippen LogP contribution in [0.5, 0.6) is 0 Å². The quantitative estimate of drug-likeness (QED) is 0.176. The minimum Gasteiger partial charge on any atom is -0.376 e. The van der Waals surface area contributed by atoms with Crippen LogP contribution < -0.4 is 0 Å². The van der Waals surface area contributed by atoms with Crippen LogP contribution in [0.3, 0.4) is 0 Å².